The molecule has 4 heteroatoms. The standard InChI is InChI=1S/C10H16N4/c1-7-4-11-10(12-8(7)2)13-9-5-14(3)6-9/h4,9H,5-6H2,1-3H3,(H,11,12,13). The van der Waals surface area contributed by atoms with Gasteiger partial charge in [-0.1, -0.05) is 0 Å². The lowest BCUT2D eigenvalue weighted by molar-refractivity contribution is 0.204. The Hall–Kier alpha value is -1.16. The number of hydrogen-bond acceptors (Lipinski definition) is 4. The maximum atomic E-state index is 4.38. The second-order valence-corrected chi connectivity index (χ2v) is 4.02. The average Bonchev–Trinajstić information content (AvgIpc) is 2.09. The molecule has 0 spiro atoms. The van der Waals surface area contributed by atoms with Gasteiger partial charge in [-0.05, 0) is 26.5 Å². The summed E-state index contributed by atoms with van der Waals surface area (Å²) in [6, 6.07) is 0.516. The number of anilines is 1. The van der Waals surface area contributed by atoms with Crippen molar-refractivity contribution < 1.29 is 0 Å². The number of rotatable bonds is 2. The normalized spacial score (nSPS) is 17.9. The molecule has 2 rings (SSSR count). The van der Waals surface area contributed by atoms with Crippen LogP contribution in [0.25, 0.3) is 0 Å². The molecule has 0 atom stereocenters. The first kappa shape index (κ1) is 9.40. The number of aryl methyl sites for hydroxylation is 2. The Labute approximate surface area is 84.4 Å². The quantitative estimate of drug-likeness (QED) is 0.753. The maximum Gasteiger partial charge on any atom is 0.223 e. The van der Waals surface area contributed by atoms with Crippen LogP contribution in [0.2, 0.25) is 0 Å². The van der Waals surface area contributed by atoms with Gasteiger partial charge in [-0.25, -0.2) is 9.97 Å². The molecule has 1 aliphatic heterocycles. The lowest BCUT2D eigenvalue weighted by Gasteiger charge is -2.36. The zero-order chi connectivity index (χ0) is 10.1. The number of nitrogens with zero attached hydrogens (tertiary/aromatic N) is 3. The highest BCUT2D eigenvalue weighted by Gasteiger charge is 2.23. The molecular formula is C10H16N4. The first-order valence-electron chi connectivity index (χ1n) is 4.90. The maximum absolute atomic E-state index is 4.38. The minimum absolute atomic E-state index is 0.516. The molecule has 0 aromatic carbocycles. The van der Waals surface area contributed by atoms with Crippen LogP contribution in [0.4, 0.5) is 5.95 Å². The molecule has 1 aromatic heterocycles. The highest BCUT2D eigenvalue weighted by molar-refractivity contribution is 5.30. The fourth-order valence-electron chi connectivity index (χ4n) is 1.57. The minimum atomic E-state index is 0.516. The van der Waals surface area contributed by atoms with Crippen molar-refractivity contribution >= 4 is 5.95 Å². The van der Waals surface area contributed by atoms with Crippen LogP contribution in [0.1, 0.15) is 11.3 Å². The molecule has 76 valence electrons. The van der Waals surface area contributed by atoms with Crippen LogP contribution < -0.4 is 5.32 Å². The molecule has 0 radical (unpaired) electrons. The molecule has 4 nitrogen and oxygen atoms in total. The van der Waals surface area contributed by atoms with Crippen molar-refractivity contribution in [1.82, 2.24) is 14.9 Å². The van der Waals surface area contributed by atoms with E-state index in [1.807, 2.05) is 20.0 Å². The van der Waals surface area contributed by atoms with Crippen LogP contribution in [-0.4, -0.2) is 41.0 Å². The van der Waals surface area contributed by atoms with Gasteiger partial charge in [0.05, 0.1) is 6.04 Å². The van der Waals surface area contributed by atoms with E-state index in [4.69, 9.17) is 0 Å². The van der Waals surface area contributed by atoms with Crippen LogP contribution in [0, 0.1) is 13.8 Å². The number of hydrogen-bond donors (Lipinski definition) is 1. The fourth-order valence-corrected chi connectivity index (χ4v) is 1.57. The summed E-state index contributed by atoms with van der Waals surface area (Å²) in [4.78, 5) is 10.9. The minimum Gasteiger partial charge on any atom is -0.349 e. The monoisotopic (exact) mass is 192 g/mol. The second kappa shape index (κ2) is 3.53. The van der Waals surface area contributed by atoms with Crippen molar-refractivity contribution in [3.05, 3.63) is 17.5 Å². The molecular weight excluding hydrogens is 176 g/mol. The van der Waals surface area contributed by atoms with Crippen LogP contribution in [0.3, 0.4) is 0 Å². The summed E-state index contributed by atoms with van der Waals surface area (Å²) >= 11 is 0. The third-order valence-corrected chi connectivity index (χ3v) is 2.62. The third-order valence-electron chi connectivity index (χ3n) is 2.62. The van der Waals surface area contributed by atoms with E-state index >= 15 is 0 Å². The topological polar surface area (TPSA) is 41.1 Å². The lowest BCUT2D eigenvalue weighted by atomic mass is 10.1. The Morgan fingerprint density at radius 1 is 1.43 bits per heavy atom. The van der Waals surface area contributed by atoms with Crippen LogP contribution in [0.5, 0.6) is 0 Å². The predicted octanol–water partition coefficient (Wildman–Crippen LogP) is 0.819. The zero-order valence-electron chi connectivity index (χ0n) is 8.91. The summed E-state index contributed by atoms with van der Waals surface area (Å²) in [6.07, 6.45) is 1.87. The van der Waals surface area contributed by atoms with Gasteiger partial charge in [-0.3, -0.25) is 0 Å². The molecule has 1 aliphatic rings. The van der Waals surface area contributed by atoms with Crippen LogP contribution in [0.15, 0.2) is 6.20 Å². The summed E-state index contributed by atoms with van der Waals surface area (Å²) < 4.78 is 0. The lowest BCUT2D eigenvalue weighted by Crippen LogP contribution is -2.52. The van der Waals surface area contributed by atoms with Gasteiger partial charge in [-0.2, -0.15) is 0 Å². The van der Waals surface area contributed by atoms with Gasteiger partial charge in [0.2, 0.25) is 5.95 Å². The molecule has 1 aromatic rings. The van der Waals surface area contributed by atoms with E-state index in [9.17, 15) is 0 Å². The molecule has 14 heavy (non-hydrogen) atoms. The largest absolute Gasteiger partial charge is 0.349 e. The van der Waals surface area contributed by atoms with Gasteiger partial charge in [0, 0.05) is 25.0 Å². The highest BCUT2D eigenvalue weighted by atomic mass is 15.3. The average molecular weight is 192 g/mol. The van der Waals surface area contributed by atoms with Gasteiger partial charge in [0.25, 0.3) is 0 Å². The Bertz CT molecular complexity index is 331. The van der Waals surface area contributed by atoms with Gasteiger partial charge in [0.15, 0.2) is 0 Å². The molecule has 0 unspecified atom stereocenters. The molecule has 0 saturated carbocycles. The molecule has 2 heterocycles. The van der Waals surface area contributed by atoms with Gasteiger partial charge in [-0.15, -0.1) is 0 Å². The van der Waals surface area contributed by atoms with Gasteiger partial charge < -0.3 is 10.2 Å². The first-order chi connectivity index (χ1) is 6.65. The van der Waals surface area contributed by atoms with E-state index in [0.717, 1.165) is 30.3 Å². The number of likely N-dealkylation sites (tertiary alicyclic amines) is 1. The van der Waals surface area contributed by atoms with Crippen molar-refractivity contribution in [2.75, 3.05) is 25.5 Å². The Morgan fingerprint density at radius 3 is 2.71 bits per heavy atom. The molecule has 1 fully saturated rings. The molecule has 0 bridgehead atoms. The van der Waals surface area contributed by atoms with E-state index in [1.54, 1.807) is 0 Å². The molecule has 1 N–H and O–H groups in total. The molecule has 1 saturated heterocycles. The zero-order valence-corrected chi connectivity index (χ0v) is 8.91. The summed E-state index contributed by atoms with van der Waals surface area (Å²) in [5.41, 5.74) is 2.19. The molecule has 0 aliphatic carbocycles. The second-order valence-electron chi connectivity index (χ2n) is 4.02. The Morgan fingerprint density at radius 2 is 2.14 bits per heavy atom. The van der Waals surface area contributed by atoms with E-state index in [2.05, 4.69) is 27.2 Å². The molecule has 0 amide bonds. The SMILES string of the molecule is Cc1cnc(NC2CN(C)C2)nc1C. The summed E-state index contributed by atoms with van der Waals surface area (Å²) in [5, 5.41) is 3.31. The highest BCUT2D eigenvalue weighted by Crippen LogP contribution is 2.11. The van der Waals surface area contributed by atoms with Crippen molar-refractivity contribution in [3.8, 4) is 0 Å². The number of likely N-dealkylation sites (N-methyl/N-ethyl adjacent to an activating group) is 1. The van der Waals surface area contributed by atoms with Gasteiger partial charge >= 0.3 is 0 Å². The predicted molar refractivity (Wildman–Crippen MR) is 56.4 cm³/mol. The van der Waals surface area contributed by atoms with E-state index < -0.39 is 0 Å². The third kappa shape index (κ3) is 1.85. The summed E-state index contributed by atoms with van der Waals surface area (Å²) in [6.45, 7) is 6.19. The van der Waals surface area contributed by atoms with Crippen molar-refractivity contribution in [1.29, 1.82) is 0 Å². The van der Waals surface area contributed by atoms with E-state index in [1.165, 1.54) is 0 Å². The van der Waals surface area contributed by atoms with Crippen LogP contribution in [-0.2, 0) is 0 Å². The first-order valence-corrected chi connectivity index (χ1v) is 4.90. The van der Waals surface area contributed by atoms with Gasteiger partial charge in [0.1, 0.15) is 0 Å². The van der Waals surface area contributed by atoms with Crippen molar-refractivity contribution in [2.24, 2.45) is 0 Å². The number of aromatic nitrogens is 2. The van der Waals surface area contributed by atoms with Crippen molar-refractivity contribution in [3.63, 3.8) is 0 Å². The van der Waals surface area contributed by atoms with E-state index in [-0.39, 0.29) is 0 Å². The Kier molecular flexibility index (Phi) is 2.37. The summed E-state index contributed by atoms with van der Waals surface area (Å²) in [7, 11) is 2.11. The fraction of sp³-hybridized carbons (Fsp3) is 0.600. The Balaban J connectivity index is 2.00. The summed E-state index contributed by atoms with van der Waals surface area (Å²) in [5.74, 6) is 0.756. The van der Waals surface area contributed by atoms with Crippen molar-refractivity contribution in [2.45, 2.75) is 19.9 Å². The van der Waals surface area contributed by atoms with E-state index in [0.29, 0.717) is 6.04 Å². The smallest absolute Gasteiger partial charge is 0.223 e. The number of nitrogens with one attached hydrogen (secondary N) is 1. The van der Waals surface area contributed by atoms with Crippen LogP contribution >= 0.6 is 0 Å².